The fraction of sp³-hybridized carbons (Fsp3) is 0.579. The molecule has 1 rings (SSSR count). The van der Waals surface area contributed by atoms with Gasteiger partial charge in [0.15, 0.2) is 5.96 Å². The van der Waals surface area contributed by atoms with Gasteiger partial charge in [0.05, 0.1) is 0 Å². The fourth-order valence-corrected chi connectivity index (χ4v) is 2.35. The minimum Gasteiger partial charge on any atom is -0.356 e. The second-order valence-corrected chi connectivity index (χ2v) is 6.13. The van der Waals surface area contributed by atoms with Crippen LogP contribution < -0.4 is 10.6 Å². The molecule has 0 bridgehead atoms. The van der Waals surface area contributed by atoms with E-state index >= 15 is 0 Å². The second-order valence-electron chi connectivity index (χ2n) is 6.13. The van der Waals surface area contributed by atoms with Gasteiger partial charge in [-0.1, -0.05) is 38.1 Å². The fourth-order valence-electron chi connectivity index (χ4n) is 2.35. The molecule has 0 aliphatic carbocycles. The molecule has 0 radical (unpaired) electrons. The van der Waals surface area contributed by atoms with Crippen LogP contribution in [-0.4, -0.2) is 43.4 Å². The van der Waals surface area contributed by atoms with Gasteiger partial charge >= 0.3 is 0 Å². The highest BCUT2D eigenvalue weighted by Gasteiger charge is 2.09. The molecule has 0 aromatic heterocycles. The van der Waals surface area contributed by atoms with Gasteiger partial charge in [-0.25, -0.2) is 0 Å². The molecule has 0 saturated heterocycles. The first-order valence-corrected chi connectivity index (χ1v) is 8.79. The molecule has 1 atom stereocenters. The van der Waals surface area contributed by atoms with Crippen molar-refractivity contribution in [2.24, 2.45) is 4.99 Å². The number of amides is 1. The normalized spacial score (nSPS) is 12.1. The zero-order chi connectivity index (χ0) is 17.9. The number of nitrogens with one attached hydrogen (secondary N) is 2. The molecule has 142 valence electrons. The predicted octanol–water partition coefficient (Wildman–Crippen LogP) is 3.18. The molecule has 0 heterocycles. The Kier molecular flexibility index (Phi) is 12.3. The lowest BCUT2D eigenvalue weighted by molar-refractivity contribution is -0.121. The maximum absolute atomic E-state index is 11.8. The first-order valence-electron chi connectivity index (χ1n) is 8.79. The number of rotatable bonds is 8. The van der Waals surface area contributed by atoms with Crippen LogP contribution in [0.2, 0.25) is 0 Å². The van der Waals surface area contributed by atoms with E-state index in [1.54, 1.807) is 7.05 Å². The molecule has 1 unspecified atom stereocenters. The van der Waals surface area contributed by atoms with Gasteiger partial charge in [-0.3, -0.25) is 9.79 Å². The van der Waals surface area contributed by atoms with Crippen molar-refractivity contribution in [2.75, 3.05) is 20.6 Å². The maximum atomic E-state index is 11.8. The number of carbonyl (C=O) groups excluding carboxylic acids is 1. The van der Waals surface area contributed by atoms with E-state index in [0.717, 1.165) is 25.3 Å². The lowest BCUT2D eigenvalue weighted by atomic mass is 10.1. The first kappa shape index (κ1) is 23.7. The van der Waals surface area contributed by atoms with Crippen molar-refractivity contribution >= 4 is 35.8 Å². The molecule has 25 heavy (non-hydrogen) atoms. The molecule has 0 aliphatic rings. The number of nitrogens with zero attached hydrogens (tertiary/aromatic N) is 2. The Morgan fingerprint density at radius 1 is 1.20 bits per heavy atom. The highest BCUT2D eigenvalue weighted by molar-refractivity contribution is 14.0. The van der Waals surface area contributed by atoms with Gasteiger partial charge in [0.1, 0.15) is 0 Å². The average molecular weight is 460 g/mol. The third-order valence-corrected chi connectivity index (χ3v) is 4.08. The van der Waals surface area contributed by atoms with E-state index in [1.165, 1.54) is 11.1 Å². The Morgan fingerprint density at radius 3 is 2.32 bits per heavy atom. The quantitative estimate of drug-likeness (QED) is 0.356. The van der Waals surface area contributed by atoms with Crippen LogP contribution in [0.3, 0.4) is 0 Å². The summed E-state index contributed by atoms with van der Waals surface area (Å²) >= 11 is 0. The van der Waals surface area contributed by atoms with Crippen LogP contribution in [-0.2, 0) is 17.8 Å². The summed E-state index contributed by atoms with van der Waals surface area (Å²) in [6.45, 7) is 7.59. The van der Waals surface area contributed by atoms with Gasteiger partial charge in [-0.2, -0.15) is 0 Å². The van der Waals surface area contributed by atoms with Gasteiger partial charge in [0.25, 0.3) is 0 Å². The predicted molar refractivity (Wildman–Crippen MR) is 117 cm³/mol. The Morgan fingerprint density at radius 2 is 1.80 bits per heavy atom. The zero-order valence-corrected chi connectivity index (χ0v) is 18.5. The Labute approximate surface area is 169 Å². The summed E-state index contributed by atoms with van der Waals surface area (Å²) in [5.41, 5.74) is 2.59. The lowest BCUT2D eigenvalue weighted by Gasteiger charge is -2.22. The molecule has 6 heteroatoms. The highest BCUT2D eigenvalue weighted by Crippen LogP contribution is 2.07. The average Bonchev–Trinajstić information content (AvgIpc) is 2.59. The topological polar surface area (TPSA) is 56.7 Å². The van der Waals surface area contributed by atoms with Crippen molar-refractivity contribution in [3.63, 3.8) is 0 Å². The summed E-state index contributed by atoms with van der Waals surface area (Å²) < 4.78 is 0. The Hall–Kier alpha value is -1.31. The van der Waals surface area contributed by atoms with Crippen LogP contribution in [0.25, 0.3) is 0 Å². The Bertz CT molecular complexity index is 531. The van der Waals surface area contributed by atoms with Gasteiger partial charge in [0, 0.05) is 39.6 Å². The van der Waals surface area contributed by atoms with Gasteiger partial charge in [-0.05, 0) is 30.9 Å². The summed E-state index contributed by atoms with van der Waals surface area (Å²) in [5, 5.41) is 6.22. The first-order chi connectivity index (χ1) is 11.5. The molecule has 0 spiro atoms. The maximum Gasteiger partial charge on any atom is 0.221 e. The molecular formula is C19H33IN4O. The minimum atomic E-state index is 0. The van der Waals surface area contributed by atoms with Crippen molar-refractivity contribution in [2.45, 2.75) is 52.6 Å². The second kappa shape index (κ2) is 13.0. The van der Waals surface area contributed by atoms with Crippen LogP contribution in [0.15, 0.2) is 29.3 Å². The molecule has 0 saturated carbocycles. The van der Waals surface area contributed by atoms with Crippen LogP contribution >= 0.6 is 24.0 Å². The van der Waals surface area contributed by atoms with Gasteiger partial charge in [0.2, 0.25) is 5.91 Å². The minimum absolute atomic E-state index is 0. The van der Waals surface area contributed by atoms with Crippen LogP contribution in [0.1, 0.15) is 44.7 Å². The number of guanidine groups is 1. The van der Waals surface area contributed by atoms with Crippen LogP contribution in [0, 0.1) is 0 Å². The largest absolute Gasteiger partial charge is 0.356 e. The summed E-state index contributed by atoms with van der Waals surface area (Å²) in [6, 6.07) is 8.87. The van der Waals surface area contributed by atoms with E-state index in [-0.39, 0.29) is 35.9 Å². The van der Waals surface area contributed by atoms with E-state index in [4.69, 9.17) is 0 Å². The van der Waals surface area contributed by atoms with Crippen LogP contribution in [0.5, 0.6) is 0 Å². The van der Waals surface area contributed by atoms with Crippen molar-refractivity contribution in [3.05, 3.63) is 35.4 Å². The Balaban J connectivity index is 0.00000576. The smallest absolute Gasteiger partial charge is 0.221 e. The molecule has 0 fully saturated rings. The molecule has 1 amide bonds. The SMILES string of the molecule is CCc1ccc(CN(C)C(=NC)NCCC(=O)NC(C)CC)cc1.I. The molecule has 0 aliphatic heterocycles. The van der Waals surface area contributed by atoms with Crippen LogP contribution in [0.4, 0.5) is 0 Å². The third-order valence-electron chi connectivity index (χ3n) is 4.08. The number of aryl methyl sites for hydroxylation is 1. The van der Waals surface area contributed by atoms with Crippen molar-refractivity contribution in [3.8, 4) is 0 Å². The zero-order valence-electron chi connectivity index (χ0n) is 16.1. The van der Waals surface area contributed by atoms with E-state index in [9.17, 15) is 4.79 Å². The number of aliphatic imine (C=N–C) groups is 1. The van der Waals surface area contributed by atoms with E-state index in [0.29, 0.717) is 13.0 Å². The van der Waals surface area contributed by atoms with Crippen molar-refractivity contribution in [1.82, 2.24) is 15.5 Å². The molecule has 5 nitrogen and oxygen atoms in total. The summed E-state index contributed by atoms with van der Waals surface area (Å²) in [7, 11) is 3.76. The molecule has 1 aromatic carbocycles. The monoisotopic (exact) mass is 460 g/mol. The number of hydrogen-bond donors (Lipinski definition) is 2. The van der Waals surface area contributed by atoms with Crippen molar-refractivity contribution in [1.29, 1.82) is 0 Å². The van der Waals surface area contributed by atoms with Gasteiger partial charge in [-0.15, -0.1) is 24.0 Å². The molecule has 1 aromatic rings. The molecular weight excluding hydrogens is 427 g/mol. The van der Waals surface area contributed by atoms with Crippen molar-refractivity contribution < 1.29 is 4.79 Å². The van der Waals surface area contributed by atoms with E-state index < -0.39 is 0 Å². The number of carbonyl (C=O) groups is 1. The number of hydrogen-bond acceptors (Lipinski definition) is 2. The third kappa shape index (κ3) is 9.09. The summed E-state index contributed by atoms with van der Waals surface area (Å²) in [4.78, 5) is 18.2. The molecule has 2 N–H and O–H groups in total. The van der Waals surface area contributed by atoms with E-state index in [2.05, 4.69) is 58.6 Å². The summed E-state index contributed by atoms with van der Waals surface area (Å²) in [6.07, 6.45) is 2.45. The van der Waals surface area contributed by atoms with E-state index in [1.807, 2.05) is 14.0 Å². The van der Waals surface area contributed by atoms with Gasteiger partial charge < -0.3 is 15.5 Å². The standard InChI is InChI=1S/C19H32N4O.HI/c1-6-15(3)22-18(24)12-13-21-19(20-4)23(5)14-17-10-8-16(7-2)9-11-17;/h8-11,15H,6-7,12-14H2,1-5H3,(H,20,21)(H,22,24);1H. The number of benzene rings is 1. The highest BCUT2D eigenvalue weighted by atomic mass is 127. The summed E-state index contributed by atoms with van der Waals surface area (Å²) in [5.74, 6) is 0.871. The number of halogens is 1. The lowest BCUT2D eigenvalue weighted by Crippen LogP contribution is -2.41.